The Kier molecular flexibility index (Phi) is 47.3. The number of hydrogen-bond acceptors (Lipinski definition) is 2. The van der Waals surface area contributed by atoms with Crippen molar-refractivity contribution in [3.8, 4) is 33.8 Å². The number of benzene rings is 10. The first-order chi connectivity index (χ1) is 42.9. The summed E-state index contributed by atoms with van der Waals surface area (Å²) in [5.41, 5.74) is 9.32. The van der Waals surface area contributed by atoms with Gasteiger partial charge < -0.3 is 62.7 Å². The van der Waals surface area contributed by atoms with Crippen LogP contribution >= 0.6 is 0 Å². The Morgan fingerprint density at radius 1 is 0.275 bits per heavy atom. The van der Waals surface area contributed by atoms with Gasteiger partial charge in [0.15, 0.2) is 0 Å². The van der Waals surface area contributed by atoms with Gasteiger partial charge in [0.2, 0.25) is 0 Å². The molecule has 0 fully saturated rings. The largest absolute Gasteiger partial charge is 4.00 e. The normalized spacial score (nSPS) is 9.38. The molecule has 0 amide bonds. The third-order valence-electron chi connectivity index (χ3n) is 12.0. The molecule has 0 aliphatic rings. The topological polar surface area (TPSA) is 187 Å². The molecule has 0 bridgehead atoms. The molecular weight excluding hydrogens is 1360 g/mol. The predicted molar refractivity (Wildman–Crippen MR) is 379 cm³/mol. The first kappa shape index (κ1) is 84.4. The van der Waals surface area contributed by atoms with Gasteiger partial charge in [-0.05, 0) is 79.2 Å². The standard InChI is InChI=1S/2C25H18N2O.2C7H8.6C2H6N.3Zr/c2*28-23-14-12-18-7-2-4-10-21(18)25(23)24-20-9-3-1-6-17(20)11-13-22(24)27-16-19-8-5-15-26-19;2*1-7-5-3-2-4-6-7;6*1-3-2;;;/h2*1-15,28H,16H2;2*2-6H,1H3;6*1-2H3;;;/q2*-2;;;6*-1;3*+4/p-2. The minimum atomic E-state index is 0. The number of aryl methyl sites for hydroxylation is 2. The van der Waals surface area contributed by atoms with Gasteiger partial charge in [0, 0.05) is 0 Å². The fraction of sp³-hybridized carbons (Fsp3) is 0.211. The first-order valence-corrected chi connectivity index (χ1v) is 28.7. The molecule has 10 aromatic carbocycles. The third-order valence-corrected chi connectivity index (χ3v) is 12.0. The summed E-state index contributed by atoms with van der Waals surface area (Å²) in [4.78, 5) is 8.62. The molecule has 2 aromatic heterocycles. The minimum absolute atomic E-state index is 0. The molecule has 464 valence electrons. The molecule has 0 N–H and O–H groups in total. The Hall–Kier alpha value is -6.59. The molecule has 0 radical (unpaired) electrons. The van der Waals surface area contributed by atoms with Gasteiger partial charge in [-0.1, -0.05) is 242 Å². The van der Waals surface area contributed by atoms with Crippen molar-refractivity contribution in [1.29, 1.82) is 0 Å². The molecule has 0 atom stereocenters. The van der Waals surface area contributed by atoms with E-state index in [0.717, 1.165) is 77.0 Å². The van der Waals surface area contributed by atoms with Crippen molar-refractivity contribution in [2.24, 2.45) is 0 Å². The van der Waals surface area contributed by atoms with Crippen LogP contribution in [0.3, 0.4) is 0 Å². The number of fused-ring (bicyclic) bond motifs is 4. The molecule has 0 spiro atoms. The zero-order chi connectivity index (χ0) is 64.3. The van der Waals surface area contributed by atoms with E-state index in [0.29, 0.717) is 24.2 Å². The van der Waals surface area contributed by atoms with Gasteiger partial charge in [-0.15, -0.1) is 36.0 Å². The average molecular weight is 1450 g/mol. The van der Waals surface area contributed by atoms with E-state index >= 15 is 0 Å². The van der Waals surface area contributed by atoms with Crippen LogP contribution in [0.4, 0.5) is 11.4 Å². The van der Waals surface area contributed by atoms with Crippen molar-refractivity contribution in [2.45, 2.75) is 26.9 Å². The van der Waals surface area contributed by atoms with Crippen LogP contribution in [-0.4, -0.2) is 84.6 Å². The van der Waals surface area contributed by atoms with Gasteiger partial charge in [0.1, 0.15) is 0 Å². The second-order valence-corrected chi connectivity index (χ2v) is 19.6. The van der Waals surface area contributed by atoms with Crippen LogP contribution < -0.4 is 20.2 Å². The summed E-state index contributed by atoms with van der Waals surface area (Å²) in [6.45, 7) is 5.13. The molecule has 0 saturated carbocycles. The summed E-state index contributed by atoms with van der Waals surface area (Å²) in [7, 11) is 21.0. The molecule has 0 aliphatic heterocycles. The van der Waals surface area contributed by atoms with E-state index in [-0.39, 0.29) is 90.1 Å². The second-order valence-electron chi connectivity index (χ2n) is 19.6. The van der Waals surface area contributed by atoms with Crippen LogP contribution in [0.2, 0.25) is 0 Å². The summed E-state index contributed by atoms with van der Waals surface area (Å²) in [5.74, 6) is 0.0240. The van der Waals surface area contributed by atoms with Gasteiger partial charge >= 0.3 is 78.6 Å². The molecule has 12 rings (SSSR count). The van der Waals surface area contributed by atoms with Crippen LogP contribution in [0.5, 0.6) is 11.5 Å². The van der Waals surface area contributed by atoms with Gasteiger partial charge in [-0.2, -0.15) is 108 Å². The van der Waals surface area contributed by atoms with Crippen LogP contribution in [0, 0.1) is 13.8 Å². The van der Waals surface area contributed by atoms with Crippen molar-refractivity contribution in [1.82, 2.24) is 9.97 Å². The summed E-state index contributed by atoms with van der Waals surface area (Å²) >= 11 is 0. The molecular formula is C76H86N10O2Zr3. The van der Waals surface area contributed by atoms with E-state index in [4.69, 9.17) is 10.6 Å². The average Bonchev–Trinajstić information content (AvgIpc) is 0.950. The molecule has 0 unspecified atom stereocenters. The van der Waals surface area contributed by atoms with Crippen LogP contribution in [0.25, 0.3) is 108 Å². The van der Waals surface area contributed by atoms with Crippen molar-refractivity contribution < 1.29 is 88.8 Å². The number of hydrogen-bond donors (Lipinski definition) is 0. The number of aromatic nitrogens is 2. The Bertz CT molecular complexity index is 3490. The SMILES string of the molecule is C[N-]C.C[N-]C.C[N-]C.C[N-]C.C[N-]C.C[N-]C.Cc1ccccc1.Cc1ccccc1.[O-]c1ccc2ccccc2c1-c1c([N-]Cc2ccc[n-]2)ccc2ccccc12.[O-]c1ccc2ccccc2c1-c1c([N-]Cc2ccc[n-]2)ccc2ccccc12.[Zr+4].[Zr+4].[Zr+4]. The van der Waals surface area contributed by atoms with E-state index in [1.165, 1.54) is 11.1 Å². The number of rotatable bonds is 8. The fourth-order valence-corrected chi connectivity index (χ4v) is 8.59. The van der Waals surface area contributed by atoms with E-state index < -0.39 is 0 Å². The molecule has 12 nitrogen and oxygen atoms in total. The first-order valence-electron chi connectivity index (χ1n) is 28.7. The maximum atomic E-state index is 13.0. The van der Waals surface area contributed by atoms with E-state index in [9.17, 15) is 10.2 Å². The van der Waals surface area contributed by atoms with Crippen molar-refractivity contribution in [3.63, 3.8) is 0 Å². The second kappa shape index (κ2) is 51.0. The Balaban J connectivity index is 0.00000119. The zero-order valence-electron chi connectivity index (χ0n) is 55.3. The van der Waals surface area contributed by atoms with Gasteiger partial charge in [-0.25, -0.2) is 0 Å². The van der Waals surface area contributed by atoms with Crippen molar-refractivity contribution >= 4 is 54.5 Å². The predicted octanol–water partition coefficient (Wildman–Crippen LogP) is 19.5. The molecule has 2 heterocycles. The molecule has 91 heavy (non-hydrogen) atoms. The van der Waals surface area contributed by atoms with Gasteiger partial charge in [0.05, 0.1) is 0 Å². The maximum absolute atomic E-state index is 13.0. The van der Waals surface area contributed by atoms with Gasteiger partial charge in [0.25, 0.3) is 0 Å². The maximum Gasteiger partial charge on any atom is 4.00 e. The van der Waals surface area contributed by atoms with Crippen LogP contribution in [-0.2, 0) is 91.7 Å². The summed E-state index contributed by atoms with van der Waals surface area (Å²) in [6, 6.07) is 75.8. The van der Waals surface area contributed by atoms with Crippen LogP contribution in [0.1, 0.15) is 22.5 Å². The van der Waals surface area contributed by atoms with Crippen LogP contribution in [0.15, 0.2) is 243 Å². The fourth-order valence-electron chi connectivity index (χ4n) is 8.59. The molecule has 15 heteroatoms. The van der Waals surface area contributed by atoms with Crippen molar-refractivity contribution in [3.05, 3.63) is 308 Å². The van der Waals surface area contributed by atoms with Gasteiger partial charge in [-0.3, -0.25) is 0 Å². The van der Waals surface area contributed by atoms with E-state index in [2.05, 4.69) is 116 Å². The Morgan fingerprint density at radius 2 is 0.516 bits per heavy atom. The zero-order valence-corrected chi connectivity index (χ0v) is 62.7. The molecule has 0 aliphatic carbocycles. The molecule has 12 aromatic rings. The van der Waals surface area contributed by atoms with E-state index in [1.807, 2.05) is 158 Å². The smallest absolute Gasteiger partial charge is 0.872 e. The monoisotopic (exact) mass is 1440 g/mol. The quantitative estimate of drug-likeness (QED) is 0.147. The third kappa shape index (κ3) is 29.3. The van der Waals surface area contributed by atoms with Crippen molar-refractivity contribution in [2.75, 3.05) is 84.6 Å². The number of nitrogens with zero attached hydrogens (tertiary/aromatic N) is 10. The summed E-state index contributed by atoms with van der Waals surface area (Å²) in [5, 5.41) is 64.9. The Labute approximate surface area is 601 Å². The Morgan fingerprint density at radius 3 is 0.758 bits per heavy atom. The molecule has 0 saturated heterocycles. The van der Waals surface area contributed by atoms with E-state index in [1.54, 1.807) is 109 Å². The summed E-state index contributed by atoms with van der Waals surface area (Å²) in [6.07, 6.45) is 3.54. The summed E-state index contributed by atoms with van der Waals surface area (Å²) < 4.78 is 0. The minimum Gasteiger partial charge on any atom is -0.872 e.